The fourth-order valence-electron chi connectivity index (χ4n) is 2.68. The molecule has 3 rings (SSSR count). The Morgan fingerprint density at radius 2 is 2.14 bits per heavy atom. The van der Waals surface area contributed by atoms with Gasteiger partial charge in [0.1, 0.15) is 20.9 Å². The lowest BCUT2D eigenvalue weighted by molar-refractivity contribution is -0.217. The zero-order chi connectivity index (χ0) is 15.2. The summed E-state index contributed by atoms with van der Waals surface area (Å²) in [4.78, 5) is 11.4. The number of hydrogen-bond acceptors (Lipinski definition) is 8. The maximum Gasteiger partial charge on any atom is 0.303 e. The third kappa shape index (κ3) is 3.18. The Balaban J connectivity index is 1.78. The molecule has 0 saturated carbocycles. The summed E-state index contributed by atoms with van der Waals surface area (Å²) in [6, 6.07) is 0. The smallest absolute Gasteiger partial charge is 0.303 e. The van der Waals surface area contributed by atoms with Crippen molar-refractivity contribution in [2.75, 3.05) is 5.75 Å². The summed E-state index contributed by atoms with van der Waals surface area (Å²) in [6.45, 7) is 4.97. The molecule has 0 amide bonds. The number of ether oxygens (including phenoxy) is 4. The highest BCUT2D eigenvalue weighted by Gasteiger charge is 2.58. The Labute approximate surface area is 134 Å². The van der Waals surface area contributed by atoms with Crippen LogP contribution in [0.4, 0.5) is 0 Å². The van der Waals surface area contributed by atoms with E-state index in [0.29, 0.717) is 11.3 Å². The van der Waals surface area contributed by atoms with Gasteiger partial charge in [-0.25, -0.2) is 4.21 Å². The molecular weight excluding hydrogens is 336 g/mol. The summed E-state index contributed by atoms with van der Waals surface area (Å²) in [7, 11) is 0. The van der Waals surface area contributed by atoms with Crippen LogP contribution < -0.4 is 0 Å². The first-order valence-electron chi connectivity index (χ1n) is 6.54. The second-order valence-electron chi connectivity index (χ2n) is 5.44. The highest BCUT2D eigenvalue weighted by atomic mass is 32.2. The molecule has 3 fully saturated rings. The predicted octanol–water partition coefficient (Wildman–Crippen LogP) is 0.943. The normalized spacial score (nSPS) is 41.1. The number of fused-ring (bicyclic) bond motifs is 1. The van der Waals surface area contributed by atoms with Gasteiger partial charge in [0.15, 0.2) is 24.3 Å². The maximum atomic E-state index is 11.4. The lowest BCUT2D eigenvalue weighted by Gasteiger charge is -2.27. The molecule has 0 aromatic rings. The van der Waals surface area contributed by atoms with Gasteiger partial charge < -0.3 is 18.9 Å². The van der Waals surface area contributed by atoms with Crippen molar-refractivity contribution < 1.29 is 28.0 Å². The van der Waals surface area contributed by atoms with E-state index in [-0.39, 0.29) is 17.3 Å². The summed E-state index contributed by atoms with van der Waals surface area (Å²) in [5.74, 6) is -0.375. The topological polar surface area (TPSA) is 71.1 Å². The largest absolute Gasteiger partial charge is 0.457 e. The van der Waals surface area contributed by atoms with E-state index in [1.807, 2.05) is 0 Å². The van der Waals surface area contributed by atoms with E-state index in [4.69, 9.17) is 18.9 Å². The fraction of sp³-hybridized carbons (Fsp3) is 0.833. The van der Waals surface area contributed by atoms with Gasteiger partial charge in [-0.15, -0.1) is 11.8 Å². The van der Waals surface area contributed by atoms with Crippen molar-refractivity contribution in [3.05, 3.63) is 0 Å². The summed E-state index contributed by atoms with van der Waals surface area (Å²) in [5.41, 5.74) is 0. The van der Waals surface area contributed by atoms with E-state index in [1.54, 1.807) is 13.8 Å². The molecule has 3 aliphatic rings. The second kappa shape index (κ2) is 5.86. The minimum atomic E-state index is -0.752. The summed E-state index contributed by atoms with van der Waals surface area (Å²) >= 11 is 3.49. The monoisotopic (exact) mass is 352 g/mol. The Kier molecular flexibility index (Phi) is 4.41. The molecule has 0 radical (unpaired) electrons. The van der Waals surface area contributed by atoms with Crippen molar-refractivity contribution in [1.82, 2.24) is 0 Å². The molecular formula is C12H16O6S3. The van der Waals surface area contributed by atoms with Crippen molar-refractivity contribution in [2.45, 2.75) is 56.4 Å². The van der Waals surface area contributed by atoms with Crippen LogP contribution in [0.3, 0.4) is 0 Å². The summed E-state index contributed by atoms with van der Waals surface area (Å²) in [6.07, 6.45) is -1.81. The van der Waals surface area contributed by atoms with Crippen LogP contribution in [-0.4, -0.2) is 55.1 Å². The van der Waals surface area contributed by atoms with Crippen LogP contribution in [0.5, 0.6) is 0 Å². The van der Waals surface area contributed by atoms with Crippen molar-refractivity contribution in [3.63, 3.8) is 0 Å². The van der Waals surface area contributed by atoms with Crippen LogP contribution in [0.25, 0.3) is 0 Å². The quantitative estimate of drug-likeness (QED) is 0.537. The maximum absolute atomic E-state index is 11.4. The van der Waals surface area contributed by atoms with Gasteiger partial charge in [-0.2, -0.15) is 0 Å². The molecule has 3 heterocycles. The van der Waals surface area contributed by atoms with Crippen LogP contribution in [-0.2, 0) is 35.0 Å². The molecule has 3 saturated heterocycles. The number of thioether (sulfide) groups is 2. The Hall–Kier alpha value is -0.0600. The molecule has 0 aromatic heterocycles. The van der Waals surface area contributed by atoms with E-state index in [2.05, 4.69) is 0 Å². The third-order valence-corrected chi connectivity index (χ3v) is 7.11. The molecule has 9 heteroatoms. The molecule has 0 unspecified atom stereocenters. The number of carbonyl (C=O) groups excluding carboxylic acids is 1. The first-order valence-corrected chi connectivity index (χ1v) is 9.15. The lowest BCUT2D eigenvalue weighted by atomic mass is 10.1. The van der Waals surface area contributed by atoms with Crippen LogP contribution in [0.15, 0.2) is 0 Å². The predicted molar refractivity (Wildman–Crippen MR) is 81.2 cm³/mol. The molecule has 118 valence electrons. The van der Waals surface area contributed by atoms with Gasteiger partial charge in [0, 0.05) is 12.7 Å². The Bertz CT molecular complexity index is 503. The first-order chi connectivity index (χ1) is 9.89. The molecule has 21 heavy (non-hydrogen) atoms. The number of rotatable bonds is 2. The molecule has 6 nitrogen and oxygen atoms in total. The summed E-state index contributed by atoms with van der Waals surface area (Å²) < 4.78 is 34.5. The first kappa shape index (κ1) is 15.8. The van der Waals surface area contributed by atoms with Gasteiger partial charge in [-0.1, -0.05) is 11.8 Å². The van der Waals surface area contributed by atoms with Crippen LogP contribution in [0.2, 0.25) is 0 Å². The van der Waals surface area contributed by atoms with Gasteiger partial charge in [-0.3, -0.25) is 4.79 Å². The van der Waals surface area contributed by atoms with Gasteiger partial charge in [0.2, 0.25) is 0 Å². The molecule has 0 aromatic carbocycles. The molecule has 3 aliphatic heterocycles. The molecule has 0 N–H and O–H groups in total. The van der Waals surface area contributed by atoms with E-state index < -0.39 is 24.3 Å². The molecule has 0 spiro atoms. The van der Waals surface area contributed by atoms with Crippen molar-refractivity contribution in [2.24, 2.45) is 0 Å². The van der Waals surface area contributed by atoms with Crippen LogP contribution >= 0.6 is 23.5 Å². The van der Waals surface area contributed by atoms with E-state index >= 15 is 0 Å². The third-order valence-electron chi connectivity index (χ3n) is 3.38. The van der Waals surface area contributed by atoms with Crippen molar-refractivity contribution in [3.8, 4) is 0 Å². The zero-order valence-electron chi connectivity index (χ0n) is 11.8. The fourth-order valence-corrected chi connectivity index (χ4v) is 6.01. The Morgan fingerprint density at radius 3 is 2.76 bits per heavy atom. The second-order valence-corrected chi connectivity index (χ2v) is 9.07. The number of esters is 1. The molecule has 0 bridgehead atoms. The van der Waals surface area contributed by atoms with Crippen molar-refractivity contribution >= 4 is 44.3 Å². The van der Waals surface area contributed by atoms with Gasteiger partial charge >= 0.3 is 5.97 Å². The Morgan fingerprint density at radius 1 is 1.38 bits per heavy atom. The number of hydrogen-bond donors (Lipinski definition) is 0. The zero-order valence-corrected chi connectivity index (χ0v) is 14.2. The van der Waals surface area contributed by atoms with Crippen LogP contribution in [0, 0.1) is 0 Å². The highest BCUT2D eigenvalue weighted by molar-refractivity contribution is 8.48. The van der Waals surface area contributed by atoms with Crippen LogP contribution in [0.1, 0.15) is 20.8 Å². The van der Waals surface area contributed by atoms with E-state index in [9.17, 15) is 9.00 Å². The van der Waals surface area contributed by atoms with Gasteiger partial charge in [-0.05, 0) is 13.8 Å². The average molecular weight is 352 g/mol. The number of carbonyl (C=O) groups is 1. The average Bonchev–Trinajstić information content (AvgIpc) is 3.03. The summed E-state index contributed by atoms with van der Waals surface area (Å²) in [5, 5.41) is 0.0525. The minimum Gasteiger partial charge on any atom is -0.457 e. The van der Waals surface area contributed by atoms with Gasteiger partial charge in [0.05, 0.1) is 5.25 Å². The molecule has 0 aliphatic carbocycles. The minimum absolute atomic E-state index is 0.0525. The van der Waals surface area contributed by atoms with Gasteiger partial charge in [0.25, 0.3) is 0 Å². The SMILES string of the molecule is CC(=O)O[C@@H]1[C@H]2OC(C)(C)O[C@H]2O[C@@H]1[C@@H]1CSC(=S=O)S1. The van der Waals surface area contributed by atoms with E-state index in [1.165, 1.54) is 30.4 Å². The molecule has 5 atom stereocenters. The lowest BCUT2D eigenvalue weighted by Crippen LogP contribution is -2.42. The standard InChI is InChI=1S/C12H16O6S3/c1-5(13)15-8-7(6-4-19-11(20-6)21-14)16-10-9(8)17-12(2,3)18-10/h6-10H,4H2,1-3H3/t6-,7+,8-,9+,10+/m0/s1. The van der Waals surface area contributed by atoms with Crippen molar-refractivity contribution in [1.29, 1.82) is 0 Å². The van der Waals surface area contributed by atoms with E-state index in [0.717, 1.165) is 9.28 Å². The highest BCUT2D eigenvalue weighted by Crippen LogP contribution is 2.45.